The van der Waals surface area contributed by atoms with E-state index in [-0.39, 0.29) is 5.91 Å². The van der Waals surface area contributed by atoms with Gasteiger partial charge in [-0.15, -0.1) is 0 Å². The Balaban J connectivity index is 2.25. The molecule has 2 rings (SSSR count). The van der Waals surface area contributed by atoms with Crippen LogP contribution in [0.1, 0.15) is 21.5 Å². The highest BCUT2D eigenvalue weighted by Gasteiger charge is 2.17. The van der Waals surface area contributed by atoms with Gasteiger partial charge in [-0.3, -0.25) is 4.79 Å². The first-order chi connectivity index (χ1) is 10.4. The predicted molar refractivity (Wildman–Crippen MR) is 84.9 cm³/mol. The van der Waals surface area contributed by atoms with E-state index >= 15 is 0 Å². The van der Waals surface area contributed by atoms with Crippen molar-refractivity contribution in [3.63, 3.8) is 0 Å². The number of benzene rings is 2. The maximum absolute atomic E-state index is 13.4. The largest absolute Gasteiger partial charge is 0.496 e. The van der Waals surface area contributed by atoms with Crippen LogP contribution in [-0.2, 0) is 6.54 Å². The molecule has 0 radical (unpaired) electrons. The first-order valence-electron chi connectivity index (χ1n) is 6.76. The predicted octanol–water partition coefficient (Wildman–Crippen LogP) is 4.07. The molecule has 2 aromatic carbocycles. The quantitative estimate of drug-likeness (QED) is 0.849. The summed E-state index contributed by atoms with van der Waals surface area (Å²) >= 11 is 5.99. The number of rotatable bonds is 4. The smallest absolute Gasteiger partial charge is 0.254 e. The molecular weight excluding hydrogens is 305 g/mol. The van der Waals surface area contributed by atoms with Crippen LogP contribution in [0.5, 0.6) is 5.75 Å². The third-order valence-corrected chi connectivity index (χ3v) is 3.66. The number of aryl methyl sites for hydroxylation is 1. The molecule has 0 aliphatic carbocycles. The van der Waals surface area contributed by atoms with Gasteiger partial charge in [0.05, 0.1) is 7.11 Å². The van der Waals surface area contributed by atoms with Gasteiger partial charge >= 0.3 is 0 Å². The second kappa shape index (κ2) is 6.79. The van der Waals surface area contributed by atoms with E-state index in [9.17, 15) is 9.18 Å². The number of ether oxygens (including phenoxy) is 1. The highest BCUT2D eigenvalue weighted by molar-refractivity contribution is 6.30. The molecule has 22 heavy (non-hydrogen) atoms. The zero-order valence-electron chi connectivity index (χ0n) is 12.7. The molecule has 0 fully saturated rings. The molecule has 0 aliphatic rings. The monoisotopic (exact) mass is 321 g/mol. The molecule has 3 nitrogen and oxygen atoms in total. The molecule has 0 bridgehead atoms. The van der Waals surface area contributed by atoms with Gasteiger partial charge in [0.25, 0.3) is 5.91 Å². The minimum absolute atomic E-state index is 0.251. The minimum atomic E-state index is -0.428. The highest BCUT2D eigenvalue weighted by atomic mass is 35.5. The molecule has 0 spiro atoms. The molecule has 0 N–H and O–H groups in total. The maximum atomic E-state index is 13.4. The van der Waals surface area contributed by atoms with Crippen LogP contribution in [-0.4, -0.2) is 25.0 Å². The SMILES string of the molecule is COc1ccc(Cl)cc1CN(C)C(=O)c1cc(F)ccc1C. The number of hydrogen-bond acceptors (Lipinski definition) is 2. The van der Waals surface area contributed by atoms with Crippen molar-refractivity contribution < 1.29 is 13.9 Å². The molecular formula is C17H17ClFNO2. The first kappa shape index (κ1) is 16.3. The molecule has 2 aromatic rings. The summed E-state index contributed by atoms with van der Waals surface area (Å²) in [5.41, 5.74) is 1.87. The fraction of sp³-hybridized carbons (Fsp3) is 0.235. The highest BCUT2D eigenvalue weighted by Crippen LogP contribution is 2.24. The van der Waals surface area contributed by atoms with E-state index in [1.807, 2.05) is 0 Å². The molecule has 0 atom stereocenters. The molecule has 116 valence electrons. The molecule has 1 amide bonds. The van der Waals surface area contributed by atoms with Gasteiger partial charge in [0, 0.05) is 29.7 Å². The number of hydrogen-bond donors (Lipinski definition) is 0. The number of nitrogens with zero attached hydrogens (tertiary/aromatic N) is 1. The lowest BCUT2D eigenvalue weighted by Gasteiger charge is -2.20. The minimum Gasteiger partial charge on any atom is -0.496 e. The van der Waals surface area contributed by atoms with E-state index in [2.05, 4.69) is 0 Å². The Kier molecular flexibility index (Phi) is 5.03. The van der Waals surface area contributed by atoms with Gasteiger partial charge in [0.15, 0.2) is 0 Å². The Labute approximate surface area is 134 Å². The van der Waals surface area contributed by atoms with Gasteiger partial charge < -0.3 is 9.64 Å². The van der Waals surface area contributed by atoms with E-state index in [0.717, 1.165) is 11.1 Å². The van der Waals surface area contributed by atoms with Crippen LogP contribution in [0, 0.1) is 12.7 Å². The Morgan fingerprint density at radius 1 is 1.27 bits per heavy atom. The number of amides is 1. The molecule has 0 unspecified atom stereocenters. The summed E-state index contributed by atoms with van der Waals surface area (Å²) in [4.78, 5) is 14.0. The van der Waals surface area contributed by atoms with Crippen molar-refractivity contribution in [2.24, 2.45) is 0 Å². The fourth-order valence-electron chi connectivity index (χ4n) is 2.23. The maximum Gasteiger partial charge on any atom is 0.254 e. The van der Waals surface area contributed by atoms with Gasteiger partial charge in [-0.25, -0.2) is 4.39 Å². The third-order valence-electron chi connectivity index (χ3n) is 3.43. The summed E-state index contributed by atoms with van der Waals surface area (Å²) in [6, 6.07) is 9.42. The van der Waals surface area contributed by atoms with Gasteiger partial charge in [0.1, 0.15) is 11.6 Å². The molecule has 5 heteroatoms. The van der Waals surface area contributed by atoms with E-state index in [1.165, 1.54) is 17.0 Å². The molecule has 0 aromatic heterocycles. The van der Waals surface area contributed by atoms with Crippen molar-refractivity contribution in [1.82, 2.24) is 4.90 Å². The van der Waals surface area contributed by atoms with Crippen LogP contribution in [0.15, 0.2) is 36.4 Å². The van der Waals surface area contributed by atoms with Crippen LogP contribution < -0.4 is 4.74 Å². The second-order valence-electron chi connectivity index (χ2n) is 5.08. The number of methoxy groups -OCH3 is 1. The van der Waals surface area contributed by atoms with Gasteiger partial charge in [-0.1, -0.05) is 17.7 Å². The summed E-state index contributed by atoms with van der Waals surface area (Å²) in [5, 5.41) is 0.568. The molecule has 0 saturated heterocycles. The van der Waals surface area contributed by atoms with Crippen molar-refractivity contribution in [2.75, 3.05) is 14.2 Å². The van der Waals surface area contributed by atoms with Crippen molar-refractivity contribution in [3.05, 3.63) is 63.9 Å². The normalized spacial score (nSPS) is 10.4. The topological polar surface area (TPSA) is 29.5 Å². The van der Waals surface area contributed by atoms with Crippen LogP contribution in [0.2, 0.25) is 5.02 Å². The van der Waals surface area contributed by atoms with Gasteiger partial charge in [-0.05, 0) is 42.8 Å². The van der Waals surface area contributed by atoms with Crippen molar-refractivity contribution in [3.8, 4) is 5.75 Å². The zero-order chi connectivity index (χ0) is 16.3. The van der Waals surface area contributed by atoms with E-state index in [1.54, 1.807) is 45.3 Å². The number of halogens is 2. The molecule has 0 heterocycles. The van der Waals surface area contributed by atoms with E-state index < -0.39 is 5.82 Å². The Hall–Kier alpha value is -2.07. The summed E-state index contributed by atoms with van der Waals surface area (Å²) in [7, 11) is 3.22. The van der Waals surface area contributed by atoms with Crippen LogP contribution in [0.4, 0.5) is 4.39 Å². The van der Waals surface area contributed by atoms with Crippen LogP contribution in [0.3, 0.4) is 0 Å². The number of carbonyl (C=O) groups is 1. The van der Waals surface area contributed by atoms with Crippen molar-refractivity contribution in [2.45, 2.75) is 13.5 Å². The number of carbonyl (C=O) groups excluding carboxylic acids is 1. The average Bonchev–Trinajstić information content (AvgIpc) is 2.49. The van der Waals surface area contributed by atoms with E-state index in [4.69, 9.17) is 16.3 Å². The van der Waals surface area contributed by atoms with Crippen molar-refractivity contribution >= 4 is 17.5 Å². The standard InChI is InChI=1S/C17H17ClFNO2/c1-11-4-6-14(19)9-15(11)17(21)20(2)10-12-8-13(18)5-7-16(12)22-3/h4-9H,10H2,1-3H3. The molecule has 0 aliphatic heterocycles. The third kappa shape index (κ3) is 3.57. The summed E-state index contributed by atoms with van der Waals surface area (Å²) in [5.74, 6) is -0.0262. The van der Waals surface area contributed by atoms with E-state index in [0.29, 0.717) is 22.9 Å². The van der Waals surface area contributed by atoms with Crippen LogP contribution >= 0.6 is 11.6 Å². The Morgan fingerprint density at radius 2 is 2.00 bits per heavy atom. The fourth-order valence-corrected chi connectivity index (χ4v) is 2.42. The Morgan fingerprint density at radius 3 is 2.68 bits per heavy atom. The lowest BCUT2D eigenvalue weighted by Crippen LogP contribution is -2.27. The summed E-state index contributed by atoms with van der Waals surface area (Å²) in [6.45, 7) is 2.10. The summed E-state index contributed by atoms with van der Waals surface area (Å²) in [6.07, 6.45) is 0. The lowest BCUT2D eigenvalue weighted by atomic mass is 10.1. The van der Waals surface area contributed by atoms with Crippen molar-refractivity contribution in [1.29, 1.82) is 0 Å². The first-order valence-corrected chi connectivity index (χ1v) is 7.14. The van der Waals surface area contributed by atoms with Gasteiger partial charge in [0.2, 0.25) is 0 Å². The summed E-state index contributed by atoms with van der Waals surface area (Å²) < 4.78 is 18.6. The second-order valence-corrected chi connectivity index (χ2v) is 5.51. The lowest BCUT2D eigenvalue weighted by molar-refractivity contribution is 0.0783. The van der Waals surface area contributed by atoms with Gasteiger partial charge in [-0.2, -0.15) is 0 Å². The van der Waals surface area contributed by atoms with Crippen LogP contribution in [0.25, 0.3) is 0 Å². The zero-order valence-corrected chi connectivity index (χ0v) is 13.4. The molecule has 0 saturated carbocycles. The average molecular weight is 322 g/mol. The Bertz CT molecular complexity index is 703.